The van der Waals surface area contributed by atoms with Crippen molar-refractivity contribution in [1.29, 1.82) is 0 Å². The van der Waals surface area contributed by atoms with E-state index in [1.165, 1.54) is 11.3 Å². The molecule has 1 aromatic heterocycles. The first-order valence-electron chi connectivity index (χ1n) is 6.90. The molecule has 1 amide bonds. The van der Waals surface area contributed by atoms with E-state index in [-0.39, 0.29) is 12.5 Å². The molecular formula is C15H22N2O2S. The van der Waals surface area contributed by atoms with Gasteiger partial charge in [-0.05, 0) is 19.2 Å². The topological polar surface area (TPSA) is 52.6 Å². The fraction of sp³-hybridized carbons (Fsp3) is 0.533. The number of likely N-dealkylation sites (N-methyl/N-ethyl adjacent to an activating group) is 1. The van der Waals surface area contributed by atoms with Gasteiger partial charge in [-0.3, -0.25) is 4.79 Å². The van der Waals surface area contributed by atoms with Crippen LogP contribution in [0.1, 0.15) is 35.5 Å². The molecule has 0 aromatic carbocycles. The molecule has 0 bridgehead atoms. The molecule has 4 nitrogen and oxygen atoms in total. The van der Waals surface area contributed by atoms with Crippen molar-refractivity contribution in [2.24, 2.45) is 0 Å². The van der Waals surface area contributed by atoms with E-state index in [4.69, 9.17) is 5.11 Å². The second-order valence-electron chi connectivity index (χ2n) is 4.26. The van der Waals surface area contributed by atoms with Crippen LogP contribution in [0.4, 0.5) is 0 Å². The molecule has 0 aliphatic carbocycles. The number of carbonyl (C=O) groups excluding carboxylic acids is 1. The maximum atomic E-state index is 11.9. The summed E-state index contributed by atoms with van der Waals surface area (Å²) >= 11 is 1.45. The molecule has 0 atom stereocenters. The van der Waals surface area contributed by atoms with Gasteiger partial charge in [0.15, 0.2) is 0 Å². The summed E-state index contributed by atoms with van der Waals surface area (Å²) in [7, 11) is 0. The van der Waals surface area contributed by atoms with Gasteiger partial charge in [0.25, 0.3) is 5.91 Å². The van der Waals surface area contributed by atoms with Gasteiger partial charge in [0.2, 0.25) is 0 Å². The maximum absolute atomic E-state index is 11.9. The zero-order valence-electron chi connectivity index (χ0n) is 12.1. The Hall–Kier alpha value is -1.35. The van der Waals surface area contributed by atoms with E-state index in [1.54, 1.807) is 6.07 Å². The Bertz CT molecular complexity index is 470. The zero-order chi connectivity index (χ0) is 14.8. The van der Waals surface area contributed by atoms with Crippen LogP contribution in [0, 0.1) is 11.8 Å². The second-order valence-corrected chi connectivity index (χ2v) is 5.17. The summed E-state index contributed by atoms with van der Waals surface area (Å²) in [5.74, 6) is 5.73. The number of thiophene rings is 1. The van der Waals surface area contributed by atoms with E-state index in [0.29, 0.717) is 18.5 Å². The van der Waals surface area contributed by atoms with Crippen molar-refractivity contribution >= 4 is 17.2 Å². The number of aliphatic hydroxyl groups is 1. The number of hydrogen-bond acceptors (Lipinski definition) is 4. The SMILES string of the molecule is CCN(CC)CCNC(=O)c1csc(C#CCCO)c1. The van der Waals surface area contributed by atoms with Crippen LogP contribution < -0.4 is 5.32 Å². The maximum Gasteiger partial charge on any atom is 0.252 e. The third-order valence-corrected chi connectivity index (χ3v) is 3.76. The molecule has 1 aromatic rings. The Morgan fingerprint density at radius 3 is 2.85 bits per heavy atom. The highest BCUT2D eigenvalue weighted by Crippen LogP contribution is 2.13. The molecule has 0 aliphatic rings. The predicted octanol–water partition coefficient (Wildman–Crippen LogP) is 1.55. The van der Waals surface area contributed by atoms with Gasteiger partial charge < -0.3 is 15.3 Å². The highest BCUT2D eigenvalue weighted by molar-refractivity contribution is 7.10. The summed E-state index contributed by atoms with van der Waals surface area (Å²) in [5, 5.41) is 13.4. The quantitative estimate of drug-likeness (QED) is 0.750. The van der Waals surface area contributed by atoms with Gasteiger partial charge in [0.05, 0.1) is 17.0 Å². The van der Waals surface area contributed by atoms with Crippen LogP contribution in [0.15, 0.2) is 11.4 Å². The summed E-state index contributed by atoms with van der Waals surface area (Å²) in [6.07, 6.45) is 0.462. The third kappa shape index (κ3) is 5.74. The summed E-state index contributed by atoms with van der Waals surface area (Å²) in [6, 6.07) is 1.79. The molecule has 1 heterocycles. The average molecular weight is 294 g/mol. The van der Waals surface area contributed by atoms with Gasteiger partial charge in [0, 0.05) is 24.9 Å². The molecular weight excluding hydrogens is 272 g/mol. The van der Waals surface area contributed by atoms with Crippen molar-refractivity contribution in [3.63, 3.8) is 0 Å². The molecule has 0 aliphatic heterocycles. The Morgan fingerprint density at radius 1 is 1.45 bits per heavy atom. The van der Waals surface area contributed by atoms with E-state index in [0.717, 1.165) is 24.5 Å². The van der Waals surface area contributed by atoms with E-state index < -0.39 is 0 Å². The first-order valence-corrected chi connectivity index (χ1v) is 7.78. The van der Waals surface area contributed by atoms with Crippen LogP contribution in [0.3, 0.4) is 0 Å². The highest BCUT2D eigenvalue weighted by Gasteiger charge is 2.08. The van der Waals surface area contributed by atoms with E-state index in [9.17, 15) is 4.79 Å². The standard InChI is InChI=1S/C15H22N2O2S/c1-3-17(4-2)9-8-16-15(19)13-11-14(20-12-13)7-5-6-10-18/h11-12,18H,3-4,6,8-10H2,1-2H3,(H,16,19). The average Bonchev–Trinajstić information content (AvgIpc) is 2.93. The molecule has 0 saturated carbocycles. The number of nitrogens with one attached hydrogen (secondary N) is 1. The first-order chi connectivity index (χ1) is 9.71. The molecule has 0 saturated heterocycles. The minimum Gasteiger partial charge on any atom is -0.395 e. The van der Waals surface area contributed by atoms with Crippen LogP contribution in [-0.4, -0.2) is 48.7 Å². The van der Waals surface area contributed by atoms with E-state index in [1.807, 2.05) is 5.38 Å². The van der Waals surface area contributed by atoms with Gasteiger partial charge in [-0.1, -0.05) is 25.7 Å². The van der Waals surface area contributed by atoms with Crippen LogP contribution >= 0.6 is 11.3 Å². The Kier molecular flexibility index (Phi) is 7.97. The van der Waals surface area contributed by atoms with Gasteiger partial charge >= 0.3 is 0 Å². The lowest BCUT2D eigenvalue weighted by atomic mass is 10.3. The monoisotopic (exact) mass is 294 g/mol. The zero-order valence-corrected chi connectivity index (χ0v) is 12.9. The Balaban J connectivity index is 2.42. The highest BCUT2D eigenvalue weighted by atomic mass is 32.1. The molecule has 20 heavy (non-hydrogen) atoms. The summed E-state index contributed by atoms with van der Waals surface area (Å²) in [4.78, 5) is 15.1. The van der Waals surface area contributed by atoms with Gasteiger partial charge in [-0.2, -0.15) is 0 Å². The fourth-order valence-electron chi connectivity index (χ4n) is 1.70. The molecule has 0 radical (unpaired) electrons. The first kappa shape index (κ1) is 16.7. The smallest absolute Gasteiger partial charge is 0.252 e. The molecule has 0 fully saturated rings. The van der Waals surface area contributed by atoms with Crippen molar-refractivity contribution in [3.8, 4) is 11.8 Å². The minimum atomic E-state index is -0.0522. The lowest BCUT2D eigenvalue weighted by Crippen LogP contribution is -2.34. The van der Waals surface area contributed by atoms with E-state index >= 15 is 0 Å². The summed E-state index contributed by atoms with van der Waals surface area (Å²) < 4.78 is 0. The van der Waals surface area contributed by atoms with Crippen LogP contribution in [0.25, 0.3) is 0 Å². The van der Waals surface area contributed by atoms with Gasteiger partial charge in [-0.25, -0.2) is 0 Å². The molecule has 1 rings (SSSR count). The molecule has 110 valence electrons. The molecule has 0 unspecified atom stereocenters. The number of amides is 1. The number of nitrogens with zero attached hydrogens (tertiary/aromatic N) is 1. The van der Waals surface area contributed by atoms with E-state index in [2.05, 4.69) is 35.9 Å². The van der Waals surface area contributed by atoms with Gasteiger partial charge in [0.1, 0.15) is 0 Å². The number of hydrogen-bond donors (Lipinski definition) is 2. The fourth-order valence-corrected chi connectivity index (χ4v) is 2.45. The van der Waals surface area contributed by atoms with Crippen LogP contribution in [-0.2, 0) is 0 Å². The largest absolute Gasteiger partial charge is 0.395 e. The predicted molar refractivity (Wildman–Crippen MR) is 83.0 cm³/mol. The number of rotatable bonds is 7. The van der Waals surface area contributed by atoms with Gasteiger partial charge in [-0.15, -0.1) is 11.3 Å². The molecule has 2 N–H and O–H groups in total. The van der Waals surface area contributed by atoms with Crippen LogP contribution in [0.2, 0.25) is 0 Å². The normalized spacial score (nSPS) is 10.2. The van der Waals surface area contributed by atoms with Crippen molar-refractivity contribution in [2.45, 2.75) is 20.3 Å². The van der Waals surface area contributed by atoms with Crippen molar-refractivity contribution in [2.75, 3.05) is 32.8 Å². The second kappa shape index (κ2) is 9.54. The van der Waals surface area contributed by atoms with Crippen molar-refractivity contribution in [3.05, 3.63) is 21.9 Å². The Labute approximate surface area is 124 Å². The lowest BCUT2D eigenvalue weighted by Gasteiger charge is -2.17. The molecule has 5 heteroatoms. The summed E-state index contributed by atoms with van der Waals surface area (Å²) in [6.45, 7) is 7.80. The molecule has 0 spiro atoms. The van der Waals surface area contributed by atoms with Crippen LogP contribution in [0.5, 0.6) is 0 Å². The third-order valence-electron chi connectivity index (χ3n) is 2.92. The lowest BCUT2D eigenvalue weighted by molar-refractivity contribution is 0.0949. The number of carbonyl (C=O) groups is 1. The number of aliphatic hydroxyl groups excluding tert-OH is 1. The summed E-state index contributed by atoms with van der Waals surface area (Å²) in [5.41, 5.74) is 0.655. The van der Waals surface area contributed by atoms with Crippen molar-refractivity contribution in [1.82, 2.24) is 10.2 Å². The van der Waals surface area contributed by atoms with Crippen molar-refractivity contribution < 1.29 is 9.90 Å². The minimum absolute atomic E-state index is 0.0522. The Morgan fingerprint density at radius 2 is 2.20 bits per heavy atom.